The van der Waals surface area contributed by atoms with E-state index in [9.17, 15) is 9.00 Å². The lowest BCUT2D eigenvalue weighted by molar-refractivity contribution is 0.0772. The van der Waals surface area contributed by atoms with Crippen LogP contribution in [0.5, 0.6) is 0 Å². The van der Waals surface area contributed by atoms with Crippen LogP contribution in [0.4, 0.5) is 0 Å². The Kier molecular flexibility index (Phi) is 4.76. The van der Waals surface area contributed by atoms with E-state index >= 15 is 0 Å². The molecule has 0 bridgehead atoms. The summed E-state index contributed by atoms with van der Waals surface area (Å²) in [6, 6.07) is 18.2. The van der Waals surface area contributed by atoms with Crippen molar-refractivity contribution in [1.29, 1.82) is 0 Å². The second-order valence-electron chi connectivity index (χ2n) is 7.55. The molecule has 0 atom stereocenters. The zero-order chi connectivity index (χ0) is 19.8. The second-order valence-corrected chi connectivity index (χ2v) is 9.25. The highest BCUT2D eigenvalue weighted by Gasteiger charge is 2.30. The Morgan fingerprint density at radius 1 is 0.966 bits per heavy atom. The fourth-order valence-corrected chi connectivity index (χ4v) is 5.33. The fraction of sp³-hybridized carbons (Fsp3) is 0.250. The number of para-hydroxylation sites is 1. The summed E-state index contributed by atoms with van der Waals surface area (Å²) in [4.78, 5) is 20.3. The summed E-state index contributed by atoms with van der Waals surface area (Å²) in [5, 5.41) is 0.920. The van der Waals surface area contributed by atoms with Gasteiger partial charge in [-0.2, -0.15) is 0 Å². The van der Waals surface area contributed by atoms with Crippen LogP contribution in [0.25, 0.3) is 22.6 Å². The average Bonchev–Trinajstić information content (AvgIpc) is 3.15. The van der Waals surface area contributed by atoms with E-state index in [1.807, 2.05) is 47.4 Å². The summed E-state index contributed by atoms with van der Waals surface area (Å²) in [7, 11) is -0.804. The molecule has 1 aromatic heterocycles. The van der Waals surface area contributed by atoms with Gasteiger partial charge in [0.25, 0.3) is 5.91 Å². The molecule has 1 saturated heterocycles. The number of aromatic nitrogens is 1. The summed E-state index contributed by atoms with van der Waals surface area (Å²) in [5.41, 5.74) is 5.99. The quantitative estimate of drug-likeness (QED) is 0.653. The van der Waals surface area contributed by atoms with E-state index in [4.69, 9.17) is 4.98 Å². The highest BCUT2D eigenvalue weighted by Crippen LogP contribution is 2.38. The van der Waals surface area contributed by atoms with Crippen LogP contribution in [0.2, 0.25) is 0 Å². The van der Waals surface area contributed by atoms with Crippen LogP contribution in [0.1, 0.15) is 33.6 Å². The standard InChI is InChI=1S/C24H22N2O2S/c27-24(26-12-14-29(28)15-13-26)22-19-8-4-5-9-21(19)25-23-18(10-11-20(22)23)16-17-6-2-1-3-7-17/h1-9,16H,10-15H2/b18-16-. The molecule has 4 nitrogen and oxygen atoms in total. The molecule has 1 aliphatic carbocycles. The Bertz CT molecular complexity index is 1140. The van der Waals surface area contributed by atoms with Gasteiger partial charge in [-0.3, -0.25) is 9.00 Å². The molecule has 5 heteroatoms. The number of fused-ring (bicyclic) bond motifs is 2. The highest BCUT2D eigenvalue weighted by molar-refractivity contribution is 7.85. The van der Waals surface area contributed by atoms with Crippen molar-refractivity contribution in [2.75, 3.05) is 24.6 Å². The number of rotatable bonds is 2. The lowest BCUT2D eigenvalue weighted by atomic mass is 9.99. The Balaban J connectivity index is 1.64. The zero-order valence-corrected chi connectivity index (χ0v) is 17.0. The molecule has 29 heavy (non-hydrogen) atoms. The van der Waals surface area contributed by atoms with Gasteiger partial charge >= 0.3 is 0 Å². The Hall–Kier alpha value is -2.79. The van der Waals surface area contributed by atoms with Crippen molar-refractivity contribution in [3.8, 4) is 0 Å². The predicted octanol–water partition coefficient (Wildman–Crippen LogP) is 3.93. The number of pyridine rings is 1. The van der Waals surface area contributed by atoms with E-state index in [0.717, 1.165) is 46.1 Å². The molecule has 1 amide bonds. The molecule has 0 spiro atoms. The molecule has 0 unspecified atom stereocenters. The molecule has 0 N–H and O–H groups in total. The van der Waals surface area contributed by atoms with Gasteiger partial charge in [-0.05, 0) is 41.7 Å². The van der Waals surface area contributed by atoms with Crippen molar-refractivity contribution < 1.29 is 9.00 Å². The van der Waals surface area contributed by atoms with Gasteiger partial charge in [0.2, 0.25) is 0 Å². The van der Waals surface area contributed by atoms with Crippen LogP contribution in [-0.4, -0.2) is 44.6 Å². The smallest absolute Gasteiger partial charge is 0.254 e. The topological polar surface area (TPSA) is 50.3 Å². The summed E-state index contributed by atoms with van der Waals surface area (Å²) >= 11 is 0. The van der Waals surface area contributed by atoms with Crippen molar-refractivity contribution in [3.63, 3.8) is 0 Å². The lowest BCUT2D eigenvalue weighted by Gasteiger charge is -2.27. The monoisotopic (exact) mass is 402 g/mol. The molecule has 0 saturated carbocycles. The van der Waals surface area contributed by atoms with Crippen molar-refractivity contribution in [3.05, 3.63) is 77.0 Å². The minimum atomic E-state index is -0.804. The Morgan fingerprint density at radius 3 is 2.48 bits per heavy atom. The van der Waals surface area contributed by atoms with Gasteiger partial charge in [0.15, 0.2) is 0 Å². The number of allylic oxidation sites excluding steroid dienone is 1. The third-order valence-electron chi connectivity index (χ3n) is 5.76. The molecule has 2 aliphatic rings. The number of amides is 1. The summed E-state index contributed by atoms with van der Waals surface area (Å²) in [6.07, 6.45) is 3.90. The van der Waals surface area contributed by atoms with Gasteiger partial charge < -0.3 is 4.90 Å². The third-order valence-corrected chi connectivity index (χ3v) is 7.04. The van der Waals surface area contributed by atoms with Gasteiger partial charge in [0.05, 0.1) is 16.8 Å². The maximum Gasteiger partial charge on any atom is 0.254 e. The first kappa shape index (κ1) is 18.3. The van der Waals surface area contributed by atoms with E-state index in [1.54, 1.807) is 0 Å². The summed E-state index contributed by atoms with van der Waals surface area (Å²) < 4.78 is 11.7. The lowest BCUT2D eigenvalue weighted by Crippen LogP contribution is -2.42. The molecular weight excluding hydrogens is 380 g/mol. The van der Waals surface area contributed by atoms with Crippen LogP contribution in [-0.2, 0) is 17.2 Å². The molecule has 1 aliphatic heterocycles. The van der Waals surface area contributed by atoms with Crippen molar-refractivity contribution in [2.24, 2.45) is 0 Å². The van der Waals surface area contributed by atoms with E-state index in [-0.39, 0.29) is 5.91 Å². The molecule has 3 aromatic rings. The first-order valence-corrected chi connectivity index (χ1v) is 11.5. The van der Waals surface area contributed by atoms with Crippen LogP contribution in [0.3, 0.4) is 0 Å². The number of nitrogens with zero attached hydrogens (tertiary/aromatic N) is 2. The normalized spacial score (nSPS) is 18.3. The third kappa shape index (κ3) is 3.40. The maximum atomic E-state index is 13.5. The van der Waals surface area contributed by atoms with E-state index in [2.05, 4.69) is 18.2 Å². The SMILES string of the molecule is O=C(c1c2c(nc3ccccc13)/C(=C\c1ccccc1)CC2)N1CCS(=O)CC1. The van der Waals surface area contributed by atoms with E-state index in [1.165, 1.54) is 5.57 Å². The van der Waals surface area contributed by atoms with Crippen molar-refractivity contribution in [1.82, 2.24) is 9.88 Å². The van der Waals surface area contributed by atoms with Gasteiger partial charge in [-0.15, -0.1) is 0 Å². The van der Waals surface area contributed by atoms with Crippen LogP contribution >= 0.6 is 0 Å². The molecule has 2 heterocycles. The molecular formula is C24H22N2O2S. The van der Waals surface area contributed by atoms with Gasteiger partial charge in [0, 0.05) is 40.8 Å². The minimum absolute atomic E-state index is 0.0533. The van der Waals surface area contributed by atoms with Gasteiger partial charge in [-0.25, -0.2) is 4.98 Å². The second kappa shape index (κ2) is 7.56. The van der Waals surface area contributed by atoms with E-state index in [0.29, 0.717) is 24.6 Å². The van der Waals surface area contributed by atoms with Crippen molar-refractivity contribution >= 4 is 39.3 Å². The Labute approximate surface area is 172 Å². The summed E-state index contributed by atoms with van der Waals surface area (Å²) in [6.45, 7) is 1.12. The maximum absolute atomic E-state index is 13.5. The van der Waals surface area contributed by atoms with Crippen LogP contribution in [0.15, 0.2) is 54.6 Å². The Morgan fingerprint density at radius 2 is 1.69 bits per heavy atom. The van der Waals surface area contributed by atoms with Crippen LogP contribution in [0, 0.1) is 0 Å². The first-order chi connectivity index (χ1) is 14.2. The van der Waals surface area contributed by atoms with E-state index < -0.39 is 10.8 Å². The van der Waals surface area contributed by atoms with Crippen molar-refractivity contribution in [2.45, 2.75) is 12.8 Å². The number of hydrogen-bond donors (Lipinski definition) is 0. The first-order valence-electron chi connectivity index (χ1n) is 10.0. The minimum Gasteiger partial charge on any atom is -0.337 e. The number of hydrogen-bond acceptors (Lipinski definition) is 3. The molecule has 0 radical (unpaired) electrons. The van der Waals surface area contributed by atoms with Crippen LogP contribution < -0.4 is 0 Å². The number of carbonyl (C=O) groups excluding carboxylic acids is 1. The molecule has 1 fully saturated rings. The average molecular weight is 403 g/mol. The molecule has 5 rings (SSSR count). The largest absolute Gasteiger partial charge is 0.337 e. The number of carbonyl (C=O) groups is 1. The predicted molar refractivity (Wildman–Crippen MR) is 118 cm³/mol. The molecule has 146 valence electrons. The highest BCUT2D eigenvalue weighted by atomic mass is 32.2. The molecule has 2 aromatic carbocycles. The zero-order valence-electron chi connectivity index (χ0n) is 16.1. The number of benzene rings is 2. The fourth-order valence-electron chi connectivity index (χ4n) is 4.27. The van der Waals surface area contributed by atoms with Gasteiger partial charge in [-0.1, -0.05) is 48.5 Å². The summed E-state index contributed by atoms with van der Waals surface area (Å²) in [5.74, 6) is 1.18. The van der Waals surface area contributed by atoms with Gasteiger partial charge in [0.1, 0.15) is 0 Å².